The molecule has 0 atom stereocenters. The maximum absolute atomic E-state index is 12.7. The SMILES string of the molecule is C=CC(C)(C)c1cc(C(C)(C)C=C)c(OCC)c(C=CC(=O)c2ccc(O)cc2)c1O. The highest BCUT2D eigenvalue weighted by atomic mass is 16.5. The molecule has 0 aromatic heterocycles. The molecule has 164 valence electrons. The lowest BCUT2D eigenvalue weighted by atomic mass is 9.76. The lowest BCUT2D eigenvalue weighted by molar-refractivity contribution is 0.104. The van der Waals surface area contributed by atoms with E-state index in [0.29, 0.717) is 29.0 Å². The molecule has 2 N–H and O–H groups in total. The Morgan fingerprint density at radius 1 is 1.00 bits per heavy atom. The summed E-state index contributed by atoms with van der Waals surface area (Å²) in [7, 11) is 0. The molecule has 0 radical (unpaired) electrons. The first kappa shape index (κ1) is 24.0. The zero-order chi connectivity index (χ0) is 23.4. The van der Waals surface area contributed by atoms with E-state index in [9.17, 15) is 15.0 Å². The van der Waals surface area contributed by atoms with Crippen LogP contribution in [0.25, 0.3) is 6.08 Å². The van der Waals surface area contributed by atoms with E-state index in [0.717, 1.165) is 5.56 Å². The van der Waals surface area contributed by atoms with E-state index in [1.807, 2.05) is 46.8 Å². The third-order valence-corrected chi connectivity index (χ3v) is 5.54. The van der Waals surface area contributed by atoms with Crippen LogP contribution in [0.3, 0.4) is 0 Å². The Bertz CT molecular complexity index is 1010. The van der Waals surface area contributed by atoms with Gasteiger partial charge in [0.2, 0.25) is 0 Å². The van der Waals surface area contributed by atoms with Crippen LogP contribution in [0.1, 0.15) is 61.7 Å². The standard InChI is InChI=1S/C27H32O4/c1-8-26(4,5)21-17-22(27(6,7)9-2)25(31-10-3)20(24(21)30)15-16-23(29)18-11-13-19(28)14-12-18/h8-9,11-17,28,30H,1-2,10H2,3-7H3. The van der Waals surface area contributed by atoms with Crippen molar-refractivity contribution in [2.75, 3.05) is 6.61 Å². The summed E-state index contributed by atoms with van der Waals surface area (Å²) in [6, 6.07) is 7.96. The van der Waals surface area contributed by atoms with Crippen molar-refractivity contribution in [3.8, 4) is 17.2 Å². The van der Waals surface area contributed by atoms with Crippen LogP contribution in [0.2, 0.25) is 0 Å². The Morgan fingerprint density at radius 3 is 2.06 bits per heavy atom. The van der Waals surface area contributed by atoms with Crippen molar-refractivity contribution in [3.63, 3.8) is 0 Å². The molecule has 0 amide bonds. The summed E-state index contributed by atoms with van der Waals surface area (Å²) >= 11 is 0. The lowest BCUT2D eigenvalue weighted by Gasteiger charge is -2.30. The second-order valence-electron chi connectivity index (χ2n) is 8.59. The fraction of sp³-hybridized carbons (Fsp3) is 0.296. The van der Waals surface area contributed by atoms with E-state index >= 15 is 0 Å². The quantitative estimate of drug-likeness (QED) is 0.283. The van der Waals surface area contributed by atoms with Gasteiger partial charge in [0.1, 0.15) is 17.2 Å². The van der Waals surface area contributed by atoms with Crippen molar-refractivity contribution >= 4 is 11.9 Å². The Morgan fingerprint density at radius 2 is 1.55 bits per heavy atom. The highest BCUT2D eigenvalue weighted by Crippen LogP contribution is 2.46. The van der Waals surface area contributed by atoms with Gasteiger partial charge in [-0.25, -0.2) is 0 Å². The van der Waals surface area contributed by atoms with Gasteiger partial charge in [-0.1, -0.05) is 39.8 Å². The predicted molar refractivity (Wildman–Crippen MR) is 127 cm³/mol. The Balaban J connectivity index is 2.75. The summed E-state index contributed by atoms with van der Waals surface area (Å²) < 4.78 is 5.96. The Kier molecular flexibility index (Phi) is 7.17. The van der Waals surface area contributed by atoms with Crippen molar-refractivity contribution in [2.45, 2.75) is 45.4 Å². The molecule has 0 saturated carbocycles. The maximum atomic E-state index is 12.7. The van der Waals surface area contributed by atoms with Crippen LogP contribution in [-0.4, -0.2) is 22.6 Å². The first-order chi connectivity index (χ1) is 14.5. The second-order valence-corrected chi connectivity index (χ2v) is 8.59. The fourth-order valence-corrected chi connectivity index (χ4v) is 3.20. The molecule has 2 aromatic rings. The van der Waals surface area contributed by atoms with Gasteiger partial charge in [0, 0.05) is 27.5 Å². The molecule has 0 aliphatic carbocycles. The molecule has 0 bridgehead atoms. The summed E-state index contributed by atoms with van der Waals surface area (Å²) in [5, 5.41) is 20.6. The lowest BCUT2D eigenvalue weighted by Crippen LogP contribution is -2.20. The van der Waals surface area contributed by atoms with Gasteiger partial charge in [0.25, 0.3) is 0 Å². The van der Waals surface area contributed by atoms with E-state index in [4.69, 9.17) is 4.74 Å². The van der Waals surface area contributed by atoms with Crippen LogP contribution in [0.15, 0.2) is 61.7 Å². The first-order valence-electron chi connectivity index (χ1n) is 10.3. The zero-order valence-electron chi connectivity index (χ0n) is 19.0. The van der Waals surface area contributed by atoms with Crippen molar-refractivity contribution in [2.24, 2.45) is 0 Å². The normalized spacial score (nSPS) is 12.0. The largest absolute Gasteiger partial charge is 0.508 e. The number of ether oxygens (including phenoxy) is 1. The molecular weight excluding hydrogens is 388 g/mol. The van der Waals surface area contributed by atoms with E-state index in [1.165, 1.54) is 18.2 Å². The molecule has 0 unspecified atom stereocenters. The number of carbonyl (C=O) groups excluding carboxylic acids is 1. The van der Waals surface area contributed by atoms with E-state index in [-0.39, 0.29) is 17.3 Å². The van der Waals surface area contributed by atoms with Gasteiger partial charge in [-0.2, -0.15) is 0 Å². The average Bonchev–Trinajstić information content (AvgIpc) is 2.73. The monoisotopic (exact) mass is 420 g/mol. The van der Waals surface area contributed by atoms with E-state index in [2.05, 4.69) is 13.2 Å². The molecule has 0 aliphatic heterocycles. The minimum absolute atomic E-state index is 0.0479. The van der Waals surface area contributed by atoms with Crippen LogP contribution < -0.4 is 4.74 Å². The zero-order valence-corrected chi connectivity index (χ0v) is 19.0. The van der Waals surface area contributed by atoms with Gasteiger partial charge >= 0.3 is 0 Å². The molecule has 0 spiro atoms. The van der Waals surface area contributed by atoms with Gasteiger partial charge in [0.05, 0.1) is 12.2 Å². The van der Waals surface area contributed by atoms with Crippen molar-refractivity contribution in [1.29, 1.82) is 0 Å². The molecule has 0 saturated heterocycles. The summed E-state index contributed by atoms with van der Waals surface area (Å²) in [6.45, 7) is 18.1. The summed E-state index contributed by atoms with van der Waals surface area (Å²) in [4.78, 5) is 12.7. The molecule has 4 heteroatoms. The summed E-state index contributed by atoms with van der Waals surface area (Å²) in [5.74, 6) is 0.405. The van der Waals surface area contributed by atoms with Gasteiger partial charge in [0.15, 0.2) is 5.78 Å². The minimum Gasteiger partial charge on any atom is -0.508 e. The van der Waals surface area contributed by atoms with Gasteiger partial charge in [-0.3, -0.25) is 4.79 Å². The number of phenols is 2. The Labute approximate surface area is 185 Å². The highest BCUT2D eigenvalue weighted by Gasteiger charge is 2.31. The summed E-state index contributed by atoms with van der Waals surface area (Å²) in [6.07, 6.45) is 6.60. The minimum atomic E-state index is -0.510. The predicted octanol–water partition coefficient (Wildman–Crippen LogP) is 6.32. The molecule has 2 aromatic carbocycles. The van der Waals surface area contributed by atoms with Gasteiger partial charge < -0.3 is 14.9 Å². The number of ketones is 1. The number of carbonyl (C=O) groups is 1. The number of hydrogen-bond acceptors (Lipinski definition) is 4. The first-order valence-corrected chi connectivity index (χ1v) is 10.3. The van der Waals surface area contributed by atoms with Crippen LogP contribution in [0.4, 0.5) is 0 Å². The summed E-state index contributed by atoms with van der Waals surface area (Å²) in [5.41, 5.74) is 1.47. The van der Waals surface area contributed by atoms with Crippen LogP contribution >= 0.6 is 0 Å². The van der Waals surface area contributed by atoms with Crippen LogP contribution in [0, 0.1) is 0 Å². The average molecular weight is 421 g/mol. The molecule has 31 heavy (non-hydrogen) atoms. The number of rotatable bonds is 9. The highest BCUT2D eigenvalue weighted by molar-refractivity contribution is 6.07. The third kappa shape index (κ3) is 5.08. The van der Waals surface area contributed by atoms with Crippen molar-refractivity contribution < 1.29 is 19.7 Å². The molecule has 0 heterocycles. The number of benzene rings is 2. The van der Waals surface area contributed by atoms with Gasteiger partial charge in [-0.05, 0) is 49.4 Å². The number of aromatic hydroxyl groups is 2. The molecule has 0 fully saturated rings. The molecule has 0 aliphatic rings. The van der Waals surface area contributed by atoms with Crippen molar-refractivity contribution in [3.05, 3.63) is 84.0 Å². The topological polar surface area (TPSA) is 66.8 Å². The fourth-order valence-electron chi connectivity index (χ4n) is 3.20. The number of hydrogen-bond donors (Lipinski definition) is 2. The van der Waals surface area contributed by atoms with E-state index < -0.39 is 10.8 Å². The van der Waals surface area contributed by atoms with E-state index in [1.54, 1.807) is 24.3 Å². The van der Waals surface area contributed by atoms with Gasteiger partial charge in [-0.15, -0.1) is 13.2 Å². The third-order valence-electron chi connectivity index (χ3n) is 5.54. The smallest absolute Gasteiger partial charge is 0.185 e. The van der Waals surface area contributed by atoms with Crippen LogP contribution in [-0.2, 0) is 10.8 Å². The second kappa shape index (κ2) is 9.25. The Hall–Kier alpha value is -3.27. The molecular formula is C27H32O4. The number of phenolic OH excluding ortho intramolecular Hbond substituents is 2. The van der Waals surface area contributed by atoms with Crippen molar-refractivity contribution in [1.82, 2.24) is 0 Å². The molecule has 4 nitrogen and oxygen atoms in total. The number of allylic oxidation sites excluding steroid dienone is 3. The van der Waals surface area contributed by atoms with Crippen LogP contribution in [0.5, 0.6) is 17.2 Å². The molecule has 2 rings (SSSR count). The maximum Gasteiger partial charge on any atom is 0.185 e.